The Morgan fingerprint density at radius 2 is 0.939 bits per heavy atom. The molecule has 0 aliphatic carbocycles. The molecule has 0 heterocycles. The van der Waals surface area contributed by atoms with E-state index < -0.39 is 0 Å². The van der Waals surface area contributed by atoms with Gasteiger partial charge < -0.3 is 4.43 Å². The van der Waals surface area contributed by atoms with Gasteiger partial charge in [0.1, 0.15) is 0 Å². The fourth-order valence-electron chi connectivity index (χ4n) is 4.74. The van der Waals surface area contributed by atoms with Crippen LogP contribution in [0.5, 0.6) is 0 Å². The molecule has 0 aliphatic rings. The first-order valence-corrected chi connectivity index (χ1v) is 14.3. The molecule has 0 saturated heterocycles. The molecule has 182 valence electrons. The van der Waals surface area contributed by atoms with Crippen molar-refractivity contribution in [1.29, 1.82) is 0 Å². The van der Waals surface area contributed by atoms with Crippen LogP contribution in [0.3, 0.4) is 0 Å². The van der Waals surface area contributed by atoms with Crippen molar-refractivity contribution in [3.8, 4) is 0 Å². The largest absolute Gasteiger partial charge is 0.529 e. The Kier molecular flexibility index (Phi) is 15.4. The van der Waals surface area contributed by atoms with Crippen LogP contribution in [-0.4, -0.2) is 16.5 Å². The zero-order valence-electron chi connectivity index (χ0n) is 21.0. The predicted molar refractivity (Wildman–Crippen MR) is 145 cm³/mol. The van der Waals surface area contributed by atoms with Gasteiger partial charge in [-0.05, 0) is 24.0 Å². The third-order valence-electron chi connectivity index (χ3n) is 6.76. The van der Waals surface area contributed by atoms with E-state index in [9.17, 15) is 4.79 Å². The minimum absolute atomic E-state index is 0.00905. The summed E-state index contributed by atoms with van der Waals surface area (Å²) in [5, 5.41) is 0. The zero-order valence-corrected chi connectivity index (χ0v) is 23.0. The summed E-state index contributed by atoms with van der Waals surface area (Å²) in [6, 6.07) is 22.0. The van der Waals surface area contributed by atoms with Gasteiger partial charge in [-0.15, -0.1) is 0 Å². The Balaban J connectivity index is 1.43. The van der Waals surface area contributed by atoms with Crippen molar-refractivity contribution in [2.45, 2.75) is 109 Å². The van der Waals surface area contributed by atoms with Crippen LogP contribution in [0.15, 0.2) is 60.7 Å². The molecule has 3 heteroatoms. The zero-order chi connectivity index (χ0) is 23.4. The molecule has 0 saturated carbocycles. The predicted octanol–water partition coefficient (Wildman–Crippen LogP) is 7.88. The van der Waals surface area contributed by atoms with Crippen molar-refractivity contribution in [1.82, 2.24) is 0 Å². The Hall–Kier alpha value is -1.87. The molecule has 2 aromatic rings. The molecular weight excluding hydrogens is 420 g/mol. The summed E-state index contributed by atoms with van der Waals surface area (Å²) in [6.45, 7) is 0. The van der Waals surface area contributed by atoms with Gasteiger partial charge in [-0.3, -0.25) is 4.79 Å². The molecule has 33 heavy (non-hydrogen) atoms. The van der Waals surface area contributed by atoms with Crippen LogP contribution < -0.4 is 0 Å². The third kappa shape index (κ3) is 12.8. The first-order chi connectivity index (χ1) is 16.3. The maximum Gasteiger partial charge on any atom is 0.291 e. The highest BCUT2D eigenvalue weighted by atomic mass is 28.2. The molecular formula is C30H46O2Si. The lowest BCUT2D eigenvalue weighted by molar-refractivity contribution is -0.134. The second kappa shape index (κ2) is 18.5. The van der Waals surface area contributed by atoms with Crippen molar-refractivity contribution in [2.24, 2.45) is 0 Å². The average Bonchev–Trinajstić information content (AvgIpc) is 2.87. The summed E-state index contributed by atoms with van der Waals surface area (Å²) < 4.78 is 4.81. The Morgan fingerprint density at radius 1 is 0.576 bits per heavy atom. The Bertz CT molecular complexity index is 677. The molecule has 2 nitrogen and oxygen atoms in total. The molecule has 0 radical (unpaired) electrons. The molecule has 0 atom stereocenters. The molecule has 2 rings (SSSR count). The maximum absolute atomic E-state index is 11.1. The highest BCUT2D eigenvalue weighted by Gasteiger charge is 2.13. The normalized spacial score (nSPS) is 11.2. The van der Waals surface area contributed by atoms with E-state index in [1.807, 2.05) is 0 Å². The van der Waals surface area contributed by atoms with Gasteiger partial charge in [0.15, 0.2) is 0 Å². The number of unbranched alkanes of at least 4 members (excludes halogenated alkanes) is 13. The van der Waals surface area contributed by atoms with Gasteiger partial charge in [0.2, 0.25) is 10.5 Å². The number of carbonyl (C=O) groups is 1. The Labute approximate surface area is 206 Å². The van der Waals surface area contributed by atoms with Crippen molar-refractivity contribution in [3.05, 3.63) is 71.8 Å². The minimum atomic E-state index is -0.00905. The third-order valence-corrected chi connectivity index (χ3v) is 7.21. The van der Waals surface area contributed by atoms with Gasteiger partial charge in [-0.2, -0.15) is 0 Å². The van der Waals surface area contributed by atoms with Crippen LogP contribution in [-0.2, 0) is 9.22 Å². The summed E-state index contributed by atoms with van der Waals surface area (Å²) in [5.74, 6) is 0.520. The minimum Gasteiger partial charge on any atom is -0.529 e. The molecule has 0 bridgehead atoms. The van der Waals surface area contributed by atoms with Crippen LogP contribution in [0.25, 0.3) is 0 Å². The van der Waals surface area contributed by atoms with E-state index in [1.165, 1.54) is 101 Å². The number of carbonyl (C=O) groups excluding carboxylic acids is 1. The van der Waals surface area contributed by atoms with Crippen molar-refractivity contribution < 1.29 is 9.22 Å². The van der Waals surface area contributed by atoms with Crippen LogP contribution >= 0.6 is 0 Å². The second-order valence-electron chi connectivity index (χ2n) is 9.44. The summed E-state index contributed by atoms with van der Waals surface area (Å²) in [7, 11) is 0.534. The van der Waals surface area contributed by atoms with E-state index >= 15 is 0 Å². The summed E-state index contributed by atoms with van der Waals surface area (Å²) in [5.41, 5.74) is 2.90. The quantitative estimate of drug-likeness (QED) is 0.155. The van der Waals surface area contributed by atoms with Crippen molar-refractivity contribution in [3.63, 3.8) is 0 Å². The van der Waals surface area contributed by atoms with E-state index in [4.69, 9.17) is 4.43 Å². The van der Waals surface area contributed by atoms with Crippen molar-refractivity contribution in [2.75, 3.05) is 0 Å². The fraction of sp³-hybridized carbons (Fsp3) is 0.567. The lowest BCUT2D eigenvalue weighted by Gasteiger charge is -2.18. The molecule has 0 fully saturated rings. The molecule has 0 unspecified atom stereocenters. The first kappa shape index (κ1) is 27.4. The number of hydrogen-bond donors (Lipinski definition) is 0. The lowest BCUT2D eigenvalue weighted by atomic mass is 9.87. The molecule has 0 amide bonds. The van der Waals surface area contributed by atoms with Gasteiger partial charge in [-0.1, -0.05) is 144 Å². The van der Waals surface area contributed by atoms with Crippen LogP contribution in [0.1, 0.15) is 120 Å². The van der Waals surface area contributed by atoms with Gasteiger partial charge in [-0.25, -0.2) is 0 Å². The van der Waals surface area contributed by atoms with Gasteiger partial charge in [0.05, 0.1) is 0 Å². The number of rotatable bonds is 19. The van der Waals surface area contributed by atoms with E-state index in [-0.39, 0.29) is 5.97 Å². The van der Waals surface area contributed by atoms with Crippen LogP contribution in [0.2, 0.25) is 0 Å². The molecule has 0 spiro atoms. The topological polar surface area (TPSA) is 26.3 Å². The Morgan fingerprint density at radius 3 is 1.33 bits per heavy atom. The summed E-state index contributed by atoms with van der Waals surface area (Å²) in [4.78, 5) is 11.1. The molecule has 0 aliphatic heterocycles. The summed E-state index contributed by atoms with van der Waals surface area (Å²) in [6.07, 6.45) is 20.4. The highest BCUT2D eigenvalue weighted by Crippen LogP contribution is 2.30. The average molecular weight is 467 g/mol. The fourth-order valence-corrected chi connectivity index (χ4v) is 4.94. The number of benzene rings is 2. The standard InChI is InChI=1S/C30H46O2Si/c31-30(32-33)26-20-12-10-8-6-4-2-1-3-5-7-9-11-19-25-29(27-21-15-13-16-22-27)28-23-17-14-18-24-28/h13-18,21-24,29H,1-12,19-20,25-26H2,33H3. The van der Waals surface area contributed by atoms with Crippen LogP contribution in [0, 0.1) is 0 Å². The SMILES string of the molecule is O=C(CCCCCCCCCCCCCCCCC(c1ccccc1)c1ccccc1)O[SiH3]. The van der Waals surface area contributed by atoms with E-state index in [2.05, 4.69) is 60.7 Å². The van der Waals surface area contributed by atoms with Gasteiger partial charge in [0, 0.05) is 12.3 Å². The van der Waals surface area contributed by atoms with E-state index in [0.29, 0.717) is 22.8 Å². The first-order valence-electron chi connectivity index (χ1n) is 13.5. The maximum atomic E-state index is 11.1. The molecule has 0 N–H and O–H groups in total. The second-order valence-corrected chi connectivity index (χ2v) is 9.85. The van der Waals surface area contributed by atoms with E-state index in [1.54, 1.807) is 0 Å². The monoisotopic (exact) mass is 466 g/mol. The van der Waals surface area contributed by atoms with Crippen LogP contribution in [0.4, 0.5) is 0 Å². The molecule has 0 aromatic heterocycles. The lowest BCUT2D eigenvalue weighted by Crippen LogP contribution is -2.01. The van der Waals surface area contributed by atoms with E-state index in [0.717, 1.165) is 6.42 Å². The van der Waals surface area contributed by atoms with Crippen molar-refractivity contribution >= 4 is 16.5 Å². The summed E-state index contributed by atoms with van der Waals surface area (Å²) >= 11 is 0. The highest BCUT2D eigenvalue weighted by molar-refractivity contribution is 6.05. The smallest absolute Gasteiger partial charge is 0.291 e. The van der Waals surface area contributed by atoms with Gasteiger partial charge >= 0.3 is 0 Å². The molecule has 2 aromatic carbocycles. The van der Waals surface area contributed by atoms with Gasteiger partial charge in [0.25, 0.3) is 5.97 Å². The number of hydrogen-bond acceptors (Lipinski definition) is 2.